The lowest BCUT2D eigenvalue weighted by Gasteiger charge is -2.34. The van der Waals surface area contributed by atoms with Crippen molar-refractivity contribution >= 4 is 17.4 Å². The van der Waals surface area contributed by atoms with E-state index in [1.165, 1.54) is 18.7 Å². The lowest BCUT2D eigenvalue weighted by molar-refractivity contribution is -0.385. The maximum atomic E-state index is 12.2. The van der Waals surface area contributed by atoms with Gasteiger partial charge in [0, 0.05) is 11.6 Å². The minimum Gasteiger partial charge on any atom is -0.490 e. The average Bonchev–Trinajstić information content (AvgIpc) is 2.66. The van der Waals surface area contributed by atoms with Gasteiger partial charge in [-0.2, -0.15) is 0 Å². The van der Waals surface area contributed by atoms with Crippen LogP contribution in [-0.2, 0) is 6.42 Å². The molecule has 7 heteroatoms. The Kier molecular flexibility index (Phi) is 3.84. The zero-order chi connectivity index (χ0) is 18.3. The van der Waals surface area contributed by atoms with Gasteiger partial charge in [-0.3, -0.25) is 10.1 Å². The van der Waals surface area contributed by atoms with Gasteiger partial charge in [0.25, 0.3) is 0 Å². The maximum Gasteiger partial charge on any atom is 0.319 e. The van der Waals surface area contributed by atoms with Crippen molar-refractivity contribution in [3.05, 3.63) is 74.8 Å². The van der Waals surface area contributed by atoms with Crippen LogP contribution in [-0.4, -0.2) is 18.1 Å². The van der Waals surface area contributed by atoms with Gasteiger partial charge in [0.2, 0.25) is 0 Å². The fraction of sp³-hybridized carbons (Fsp3) is 0.211. The number of ether oxygens (including phenoxy) is 1. The average molecular weight is 351 g/mol. The zero-order valence-electron chi connectivity index (χ0n) is 14.1. The molecular weight excluding hydrogens is 334 g/mol. The summed E-state index contributed by atoms with van der Waals surface area (Å²) < 4.78 is 5.07. The van der Waals surface area contributed by atoms with E-state index >= 15 is 0 Å². The minimum atomic E-state index is -0.476. The molecule has 2 aromatic carbocycles. The largest absolute Gasteiger partial charge is 0.490 e. The molecular formula is C19H17N3O4. The number of benzene rings is 2. The molecule has 0 bridgehead atoms. The molecule has 2 aliphatic rings. The second-order valence-electron chi connectivity index (χ2n) is 6.28. The molecule has 0 unspecified atom stereocenters. The molecule has 2 N–H and O–H groups in total. The summed E-state index contributed by atoms with van der Waals surface area (Å²) in [6.07, 6.45) is 1.63. The van der Waals surface area contributed by atoms with Crippen LogP contribution >= 0.6 is 0 Å². The van der Waals surface area contributed by atoms with Gasteiger partial charge in [0.05, 0.1) is 23.8 Å². The number of nitro groups is 1. The summed E-state index contributed by atoms with van der Waals surface area (Å²) in [5.41, 5.74) is 4.58. The van der Waals surface area contributed by atoms with E-state index in [4.69, 9.17) is 4.74 Å². The van der Waals surface area contributed by atoms with E-state index in [1.54, 1.807) is 12.1 Å². The van der Waals surface area contributed by atoms with Crippen molar-refractivity contribution in [3.8, 4) is 5.75 Å². The van der Waals surface area contributed by atoms with Crippen molar-refractivity contribution in [2.45, 2.75) is 18.9 Å². The number of aryl methyl sites for hydroxylation is 1. The van der Waals surface area contributed by atoms with Crippen molar-refractivity contribution in [3.63, 3.8) is 0 Å². The van der Waals surface area contributed by atoms with E-state index in [9.17, 15) is 14.9 Å². The maximum absolute atomic E-state index is 12.2. The van der Waals surface area contributed by atoms with Gasteiger partial charge >= 0.3 is 11.7 Å². The highest BCUT2D eigenvalue weighted by atomic mass is 16.6. The van der Waals surface area contributed by atoms with Gasteiger partial charge < -0.3 is 15.4 Å². The fourth-order valence-corrected chi connectivity index (χ4v) is 3.67. The van der Waals surface area contributed by atoms with Crippen LogP contribution in [0.1, 0.15) is 29.2 Å². The van der Waals surface area contributed by atoms with Crippen LogP contribution in [0.25, 0.3) is 5.70 Å². The van der Waals surface area contributed by atoms with E-state index in [0.29, 0.717) is 5.56 Å². The van der Waals surface area contributed by atoms with Crippen LogP contribution in [0.3, 0.4) is 0 Å². The first-order chi connectivity index (χ1) is 12.6. The molecule has 1 heterocycles. The van der Waals surface area contributed by atoms with Crippen molar-refractivity contribution in [1.82, 2.24) is 10.6 Å². The first kappa shape index (κ1) is 16.1. The second kappa shape index (κ2) is 6.18. The van der Waals surface area contributed by atoms with Gasteiger partial charge in [0.15, 0.2) is 5.75 Å². The van der Waals surface area contributed by atoms with Crippen molar-refractivity contribution in [2.75, 3.05) is 7.11 Å². The molecule has 2 amide bonds. The number of methoxy groups -OCH3 is 1. The number of carbonyl (C=O) groups is 1. The van der Waals surface area contributed by atoms with Gasteiger partial charge in [-0.05, 0) is 35.6 Å². The van der Waals surface area contributed by atoms with Crippen molar-refractivity contribution < 1.29 is 14.5 Å². The number of amides is 2. The van der Waals surface area contributed by atoms with E-state index in [2.05, 4.69) is 16.7 Å². The number of urea groups is 1. The molecule has 1 aliphatic carbocycles. The number of hydrogen-bond donors (Lipinski definition) is 2. The first-order valence-electron chi connectivity index (χ1n) is 8.29. The van der Waals surface area contributed by atoms with Gasteiger partial charge in [-0.25, -0.2) is 4.79 Å². The summed E-state index contributed by atoms with van der Waals surface area (Å²) >= 11 is 0. The van der Waals surface area contributed by atoms with E-state index in [1.807, 2.05) is 18.2 Å². The number of rotatable bonds is 3. The fourth-order valence-electron chi connectivity index (χ4n) is 3.67. The summed E-state index contributed by atoms with van der Waals surface area (Å²) in [6.45, 7) is 0. The lowest BCUT2D eigenvalue weighted by Crippen LogP contribution is -2.44. The number of fused-ring (bicyclic) bond motifs is 2. The first-order valence-corrected chi connectivity index (χ1v) is 8.29. The molecule has 2 aromatic rings. The minimum absolute atomic E-state index is 0.115. The Morgan fingerprint density at radius 2 is 2.00 bits per heavy atom. The predicted molar refractivity (Wildman–Crippen MR) is 95.7 cm³/mol. The third-order valence-corrected chi connectivity index (χ3v) is 4.87. The number of hydrogen-bond acceptors (Lipinski definition) is 4. The summed E-state index contributed by atoms with van der Waals surface area (Å²) in [5.74, 6) is 0.196. The topological polar surface area (TPSA) is 93.5 Å². The Balaban J connectivity index is 1.83. The van der Waals surface area contributed by atoms with Crippen LogP contribution in [0.5, 0.6) is 5.75 Å². The highest BCUT2D eigenvalue weighted by molar-refractivity contribution is 5.91. The van der Waals surface area contributed by atoms with Crippen molar-refractivity contribution in [1.29, 1.82) is 0 Å². The summed E-state index contributed by atoms with van der Waals surface area (Å²) in [5, 5.41) is 17.1. The van der Waals surface area contributed by atoms with Crippen LogP contribution in [0, 0.1) is 10.1 Å². The number of nitrogens with zero attached hydrogens (tertiary/aromatic N) is 1. The highest BCUT2D eigenvalue weighted by Crippen LogP contribution is 2.40. The lowest BCUT2D eigenvalue weighted by atomic mass is 9.83. The molecule has 0 aromatic heterocycles. The number of carbonyl (C=O) groups excluding carboxylic acids is 1. The molecule has 1 aliphatic heterocycles. The van der Waals surface area contributed by atoms with Crippen LogP contribution in [0.4, 0.5) is 10.5 Å². The van der Waals surface area contributed by atoms with Gasteiger partial charge in [-0.15, -0.1) is 0 Å². The summed E-state index contributed by atoms with van der Waals surface area (Å²) in [7, 11) is 1.40. The number of nitrogens with one attached hydrogen (secondary N) is 2. The Morgan fingerprint density at radius 3 is 2.77 bits per heavy atom. The third-order valence-electron chi connectivity index (χ3n) is 4.87. The summed E-state index contributed by atoms with van der Waals surface area (Å²) in [4.78, 5) is 23.1. The Labute approximate surface area is 149 Å². The van der Waals surface area contributed by atoms with Crippen LogP contribution in [0.2, 0.25) is 0 Å². The molecule has 132 valence electrons. The Bertz CT molecular complexity index is 952. The van der Waals surface area contributed by atoms with Crippen LogP contribution in [0.15, 0.2) is 48.0 Å². The molecule has 0 radical (unpaired) electrons. The van der Waals surface area contributed by atoms with E-state index in [0.717, 1.165) is 29.7 Å². The van der Waals surface area contributed by atoms with Crippen LogP contribution < -0.4 is 15.4 Å². The molecule has 1 atom stereocenters. The van der Waals surface area contributed by atoms with Crippen molar-refractivity contribution in [2.24, 2.45) is 0 Å². The molecule has 0 saturated heterocycles. The molecule has 4 rings (SSSR count). The Morgan fingerprint density at radius 1 is 1.19 bits per heavy atom. The molecule has 0 saturated carbocycles. The zero-order valence-corrected chi connectivity index (χ0v) is 14.1. The molecule has 7 nitrogen and oxygen atoms in total. The number of nitro benzene ring substituents is 1. The Hall–Kier alpha value is -3.35. The third kappa shape index (κ3) is 2.57. The van der Waals surface area contributed by atoms with Gasteiger partial charge in [-0.1, -0.05) is 30.3 Å². The van der Waals surface area contributed by atoms with E-state index < -0.39 is 11.0 Å². The van der Waals surface area contributed by atoms with E-state index in [-0.39, 0.29) is 17.5 Å². The van der Waals surface area contributed by atoms with Gasteiger partial charge in [0.1, 0.15) is 0 Å². The highest BCUT2D eigenvalue weighted by Gasteiger charge is 2.33. The smallest absolute Gasteiger partial charge is 0.319 e. The predicted octanol–water partition coefficient (Wildman–Crippen LogP) is 3.31. The quantitative estimate of drug-likeness (QED) is 0.655. The molecule has 0 fully saturated rings. The summed E-state index contributed by atoms with van der Waals surface area (Å²) in [6, 6.07) is 12.0. The molecule has 0 spiro atoms. The monoisotopic (exact) mass is 351 g/mol. The standard InChI is InChI=1S/C19H17N3O4/c1-26-16-9-7-12(10-15(16)22(24)25)17-14-8-6-11-4-2-3-5-13(11)18(14)21-19(23)20-17/h2-5,7,9-10,17H,6,8H2,1H3,(H2,20,21,23)/t17-/m0/s1. The molecule has 26 heavy (non-hydrogen) atoms. The SMILES string of the molecule is COc1ccc([C@@H]2NC(=O)NC3=C2CCc2ccccc23)cc1[N+](=O)[O-]. The second-order valence-corrected chi connectivity index (χ2v) is 6.28. The normalized spacial score (nSPS) is 18.3.